The molecule has 3 aromatic rings. The normalized spacial score (nSPS) is 18.1. The van der Waals surface area contributed by atoms with E-state index in [4.69, 9.17) is 9.47 Å². The number of hydrogen-bond donors (Lipinski definition) is 0. The quantitative estimate of drug-likeness (QED) is 0.209. The molecule has 1 aliphatic rings. The Morgan fingerprint density at radius 3 is 2.22 bits per heavy atom. The molecule has 1 aliphatic heterocycles. The second-order valence-corrected chi connectivity index (χ2v) is 9.70. The predicted octanol–water partition coefficient (Wildman–Crippen LogP) is 9.28. The van der Waals surface area contributed by atoms with Crippen molar-refractivity contribution in [3.8, 4) is 16.9 Å². The molecule has 0 aliphatic carbocycles. The number of ether oxygens (including phenoxy) is 2. The zero-order chi connectivity index (χ0) is 26.4. The number of hydrogen-bond acceptors (Lipinski definition) is 2. The Morgan fingerprint density at radius 1 is 0.892 bits per heavy atom. The summed E-state index contributed by atoms with van der Waals surface area (Å²) in [7, 11) is 0. The van der Waals surface area contributed by atoms with Gasteiger partial charge in [0.15, 0.2) is 0 Å². The van der Waals surface area contributed by atoms with Gasteiger partial charge < -0.3 is 9.47 Å². The topological polar surface area (TPSA) is 18.5 Å². The Labute approximate surface area is 216 Å². The lowest BCUT2D eigenvalue weighted by molar-refractivity contribution is -0.139. The van der Waals surface area contributed by atoms with Crippen molar-refractivity contribution in [2.45, 2.75) is 70.6 Å². The molecule has 4 rings (SSSR count). The lowest BCUT2D eigenvalue weighted by atomic mass is 9.87. The first kappa shape index (κ1) is 27.2. The number of alkyl halides is 3. The Kier molecular flexibility index (Phi) is 8.91. The van der Waals surface area contributed by atoms with Gasteiger partial charge in [-0.1, -0.05) is 75.2 Å². The van der Waals surface area contributed by atoms with E-state index in [2.05, 4.69) is 31.2 Å². The largest absolute Gasteiger partial charge is 0.494 e. The first-order valence-electron chi connectivity index (χ1n) is 13.1. The van der Waals surface area contributed by atoms with Crippen LogP contribution in [0.25, 0.3) is 11.1 Å². The minimum Gasteiger partial charge on any atom is -0.494 e. The molecule has 1 heterocycles. The Morgan fingerprint density at radius 2 is 1.62 bits per heavy atom. The zero-order valence-electron chi connectivity index (χ0n) is 21.4. The molecule has 2 unspecified atom stereocenters. The fourth-order valence-electron chi connectivity index (χ4n) is 4.93. The van der Waals surface area contributed by atoms with Gasteiger partial charge in [0.1, 0.15) is 11.6 Å². The van der Waals surface area contributed by atoms with Crippen LogP contribution in [-0.2, 0) is 17.3 Å². The highest BCUT2D eigenvalue weighted by Gasteiger charge is 2.39. The van der Waals surface area contributed by atoms with Crippen molar-refractivity contribution in [3.05, 3.63) is 88.7 Å². The van der Waals surface area contributed by atoms with Crippen molar-refractivity contribution < 1.29 is 27.0 Å². The Bertz CT molecular complexity index is 1150. The molecule has 37 heavy (non-hydrogen) atoms. The maximum Gasteiger partial charge on any atom is 0.419 e. The molecule has 0 saturated carbocycles. The summed E-state index contributed by atoms with van der Waals surface area (Å²) in [6.45, 7) is 5.07. The van der Waals surface area contributed by atoms with Gasteiger partial charge in [-0.05, 0) is 60.1 Å². The van der Waals surface area contributed by atoms with Crippen molar-refractivity contribution in [1.29, 1.82) is 0 Å². The molecule has 0 N–H and O–H groups in total. The number of rotatable bonds is 9. The van der Waals surface area contributed by atoms with Crippen molar-refractivity contribution in [3.63, 3.8) is 0 Å². The lowest BCUT2D eigenvalue weighted by Crippen LogP contribution is -2.21. The van der Waals surface area contributed by atoms with Crippen LogP contribution in [-0.4, -0.2) is 13.2 Å². The summed E-state index contributed by atoms with van der Waals surface area (Å²) in [5, 5.41) is 0. The van der Waals surface area contributed by atoms with Crippen LogP contribution in [0.3, 0.4) is 0 Å². The van der Waals surface area contributed by atoms with E-state index >= 15 is 4.39 Å². The van der Waals surface area contributed by atoms with Crippen molar-refractivity contribution in [2.24, 2.45) is 0 Å². The van der Waals surface area contributed by atoms with Gasteiger partial charge in [-0.25, -0.2) is 4.39 Å². The smallest absolute Gasteiger partial charge is 0.419 e. The molecule has 0 aromatic heterocycles. The van der Waals surface area contributed by atoms with Crippen LogP contribution in [0.4, 0.5) is 17.6 Å². The van der Waals surface area contributed by atoms with E-state index < -0.39 is 23.7 Å². The van der Waals surface area contributed by atoms with E-state index in [0.29, 0.717) is 25.4 Å². The van der Waals surface area contributed by atoms with Gasteiger partial charge in [0.2, 0.25) is 0 Å². The molecule has 3 aromatic carbocycles. The van der Waals surface area contributed by atoms with E-state index in [9.17, 15) is 13.2 Å². The molecule has 0 bridgehead atoms. The van der Waals surface area contributed by atoms with E-state index in [-0.39, 0.29) is 22.6 Å². The molecule has 2 atom stereocenters. The molecule has 0 amide bonds. The molecule has 1 fully saturated rings. The number of benzene rings is 3. The summed E-state index contributed by atoms with van der Waals surface area (Å²) in [5.74, 6) is -0.525. The van der Waals surface area contributed by atoms with Gasteiger partial charge in [-0.2, -0.15) is 13.2 Å². The van der Waals surface area contributed by atoms with Gasteiger partial charge in [0.05, 0.1) is 24.9 Å². The highest BCUT2D eigenvalue weighted by atomic mass is 19.4. The number of aryl methyl sites for hydroxylation is 1. The summed E-state index contributed by atoms with van der Waals surface area (Å²) in [6.07, 6.45) is -0.395. The van der Waals surface area contributed by atoms with Crippen LogP contribution in [0.2, 0.25) is 0 Å². The Balaban J connectivity index is 1.52. The molecule has 2 nitrogen and oxygen atoms in total. The summed E-state index contributed by atoms with van der Waals surface area (Å²) >= 11 is 0. The second kappa shape index (κ2) is 12.1. The predicted molar refractivity (Wildman–Crippen MR) is 138 cm³/mol. The highest BCUT2D eigenvalue weighted by Crippen LogP contribution is 2.44. The first-order valence-corrected chi connectivity index (χ1v) is 13.1. The van der Waals surface area contributed by atoms with Gasteiger partial charge in [0.25, 0.3) is 0 Å². The Hall–Kier alpha value is -2.86. The van der Waals surface area contributed by atoms with Crippen molar-refractivity contribution in [1.82, 2.24) is 0 Å². The molecular weight excluding hydrogens is 480 g/mol. The number of unbranched alkanes of at least 4 members (excludes halogenated alkanes) is 1. The van der Waals surface area contributed by atoms with Crippen LogP contribution < -0.4 is 4.74 Å². The SMILES string of the molecule is CCCCOc1ccc(-c2ccc(C3CCC(c4ccc(CCC)cc4)CO3)c(F)c2C(F)(F)F)cc1. The lowest BCUT2D eigenvalue weighted by Gasteiger charge is -2.30. The fourth-order valence-corrected chi connectivity index (χ4v) is 4.93. The third kappa shape index (κ3) is 6.53. The van der Waals surface area contributed by atoms with E-state index in [1.807, 2.05) is 6.92 Å². The van der Waals surface area contributed by atoms with Gasteiger partial charge in [-0.15, -0.1) is 0 Å². The second-order valence-electron chi connectivity index (χ2n) is 9.70. The third-order valence-corrected chi connectivity index (χ3v) is 7.00. The third-order valence-electron chi connectivity index (χ3n) is 7.00. The van der Waals surface area contributed by atoms with E-state index in [1.165, 1.54) is 17.7 Å². The molecule has 0 spiro atoms. The molecule has 6 heteroatoms. The fraction of sp³-hybridized carbons (Fsp3) is 0.419. The van der Waals surface area contributed by atoms with Crippen LogP contribution in [0.15, 0.2) is 60.7 Å². The average Bonchev–Trinajstić information content (AvgIpc) is 2.89. The van der Waals surface area contributed by atoms with Crippen LogP contribution in [0.5, 0.6) is 5.75 Å². The summed E-state index contributed by atoms with van der Waals surface area (Å²) in [4.78, 5) is 0. The molecule has 198 valence electrons. The minimum atomic E-state index is -4.84. The van der Waals surface area contributed by atoms with Gasteiger partial charge in [-0.3, -0.25) is 0 Å². The minimum absolute atomic E-state index is 0.0349. The van der Waals surface area contributed by atoms with Crippen LogP contribution in [0.1, 0.15) is 80.2 Å². The van der Waals surface area contributed by atoms with Crippen LogP contribution >= 0.6 is 0 Å². The average molecular weight is 515 g/mol. The van der Waals surface area contributed by atoms with E-state index in [0.717, 1.165) is 37.7 Å². The van der Waals surface area contributed by atoms with Gasteiger partial charge in [0, 0.05) is 11.5 Å². The number of halogens is 4. The van der Waals surface area contributed by atoms with Crippen LogP contribution in [0, 0.1) is 5.82 Å². The molecular formula is C31H34F4O2. The summed E-state index contributed by atoms with van der Waals surface area (Å²) in [6, 6.07) is 17.5. The van der Waals surface area contributed by atoms with E-state index in [1.54, 1.807) is 24.3 Å². The zero-order valence-corrected chi connectivity index (χ0v) is 21.4. The summed E-state index contributed by atoms with van der Waals surface area (Å²) < 4.78 is 69.3. The summed E-state index contributed by atoms with van der Waals surface area (Å²) in [5.41, 5.74) is 1.24. The maximum absolute atomic E-state index is 15.5. The standard InChI is InChI=1S/C31H34F4O2/c1-3-5-19-36-25-14-11-23(12-15-25)26-16-17-27(30(32)29(26)31(33,34)35)28-18-13-24(20-37-28)22-9-7-21(6-4-2)8-10-22/h7-12,14-17,24,28H,3-6,13,18-20H2,1-2H3. The molecule has 0 radical (unpaired) electrons. The first-order chi connectivity index (χ1) is 17.8. The molecule has 1 saturated heterocycles. The van der Waals surface area contributed by atoms with Crippen molar-refractivity contribution in [2.75, 3.05) is 13.2 Å². The highest BCUT2D eigenvalue weighted by molar-refractivity contribution is 5.69. The van der Waals surface area contributed by atoms with Gasteiger partial charge >= 0.3 is 6.18 Å². The van der Waals surface area contributed by atoms with Crippen molar-refractivity contribution >= 4 is 0 Å². The maximum atomic E-state index is 15.5. The monoisotopic (exact) mass is 514 g/mol.